The zero-order valence-electron chi connectivity index (χ0n) is 8.38. The molecule has 0 fully saturated rings. The van der Waals surface area contributed by atoms with Crippen molar-refractivity contribution in [3.8, 4) is 0 Å². The van der Waals surface area contributed by atoms with Gasteiger partial charge in [0.25, 0.3) is 5.91 Å². The van der Waals surface area contributed by atoms with E-state index in [1.807, 2.05) is 6.07 Å². The largest absolute Gasteiger partial charge is 0.279 e. The minimum absolute atomic E-state index is 0.319. The Bertz CT molecular complexity index is 306. The van der Waals surface area contributed by atoms with Crippen molar-refractivity contribution in [1.82, 2.24) is 5.06 Å². The van der Waals surface area contributed by atoms with Crippen LogP contribution in [0.4, 0.5) is 0 Å². The van der Waals surface area contributed by atoms with Gasteiger partial charge >= 0.3 is 0 Å². The Morgan fingerprint density at radius 3 is 2.60 bits per heavy atom. The van der Waals surface area contributed by atoms with E-state index in [0.717, 1.165) is 17.1 Å². The Balaban J connectivity index is 2.46. The monoisotopic (exact) mass is 229 g/mol. The van der Waals surface area contributed by atoms with Gasteiger partial charge in [0.05, 0.1) is 0 Å². The van der Waals surface area contributed by atoms with Crippen LogP contribution < -0.4 is 0 Å². The smallest absolute Gasteiger partial charge is 0.267 e. The standard InChI is InChI=1S/C9H11NO4S/c1-10(12-13-14-15-2)9(11)8-6-4-3-5-7-8/h3-7H,1-2H3. The number of hydrogen-bond donors (Lipinski definition) is 0. The summed E-state index contributed by atoms with van der Waals surface area (Å²) in [5.74, 6) is -0.319. The summed E-state index contributed by atoms with van der Waals surface area (Å²) in [6.45, 7) is 0. The van der Waals surface area contributed by atoms with Crippen molar-refractivity contribution >= 4 is 17.9 Å². The van der Waals surface area contributed by atoms with Crippen LogP contribution in [0.1, 0.15) is 10.4 Å². The van der Waals surface area contributed by atoms with Gasteiger partial charge < -0.3 is 0 Å². The highest BCUT2D eigenvalue weighted by Gasteiger charge is 2.12. The van der Waals surface area contributed by atoms with Gasteiger partial charge in [0.1, 0.15) is 0 Å². The van der Waals surface area contributed by atoms with Crippen LogP contribution in [0.5, 0.6) is 0 Å². The van der Waals surface area contributed by atoms with Gasteiger partial charge in [0.15, 0.2) is 0 Å². The first kappa shape index (κ1) is 12.0. The van der Waals surface area contributed by atoms with E-state index < -0.39 is 0 Å². The molecule has 1 aromatic carbocycles. The van der Waals surface area contributed by atoms with Crippen LogP contribution in [-0.2, 0) is 14.4 Å². The summed E-state index contributed by atoms with van der Waals surface area (Å²) in [7, 11) is 1.43. The molecule has 1 rings (SSSR count). The third kappa shape index (κ3) is 3.88. The number of nitrogens with zero attached hydrogens (tertiary/aromatic N) is 1. The van der Waals surface area contributed by atoms with E-state index in [1.165, 1.54) is 7.05 Å². The Morgan fingerprint density at radius 1 is 1.33 bits per heavy atom. The molecular weight excluding hydrogens is 218 g/mol. The molecule has 0 aliphatic carbocycles. The maximum Gasteiger partial charge on any atom is 0.279 e. The highest BCUT2D eigenvalue weighted by atomic mass is 32.2. The highest BCUT2D eigenvalue weighted by Crippen LogP contribution is 2.05. The molecule has 0 spiro atoms. The van der Waals surface area contributed by atoms with Gasteiger partial charge in [-0.2, -0.15) is 5.06 Å². The number of benzene rings is 1. The van der Waals surface area contributed by atoms with Crippen LogP contribution in [0, 0.1) is 0 Å². The molecular formula is C9H11NO4S. The predicted octanol–water partition coefficient (Wildman–Crippen LogP) is 1.83. The summed E-state index contributed by atoms with van der Waals surface area (Å²) in [6.07, 6.45) is 1.66. The van der Waals surface area contributed by atoms with E-state index in [2.05, 4.69) is 14.4 Å². The summed E-state index contributed by atoms with van der Waals surface area (Å²) < 4.78 is 4.39. The summed E-state index contributed by atoms with van der Waals surface area (Å²) in [5.41, 5.74) is 0.507. The number of rotatable bonds is 5. The average Bonchev–Trinajstić information content (AvgIpc) is 2.29. The number of carbonyl (C=O) groups is 1. The van der Waals surface area contributed by atoms with Gasteiger partial charge in [0, 0.05) is 30.9 Å². The molecule has 82 valence electrons. The molecule has 0 saturated heterocycles. The molecule has 0 aliphatic rings. The lowest BCUT2D eigenvalue weighted by molar-refractivity contribution is -0.525. The SMILES string of the molecule is CSOOON(C)C(=O)c1ccccc1. The molecule has 0 N–H and O–H groups in total. The quantitative estimate of drug-likeness (QED) is 0.333. The Kier molecular flexibility index (Phi) is 5.13. The van der Waals surface area contributed by atoms with Gasteiger partial charge in [0.2, 0.25) is 0 Å². The van der Waals surface area contributed by atoms with Crippen molar-refractivity contribution in [1.29, 1.82) is 0 Å². The molecule has 0 unspecified atom stereocenters. The van der Waals surface area contributed by atoms with Crippen molar-refractivity contribution in [3.05, 3.63) is 35.9 Å². The molecule has 5 nitrogen and oxygen atoms in total. The van der Waals surface area contributed by atoms with E-state index >= 15 is 0 Å². The summed E-state index contributed by atoms with van der Waals surface area (Å²) in [4.78, 5) is 16.1. The van der Waals surface area contributed by atoms with Crippen LogP contribution in [-0.4, -0.2) is 24.3 Å². The van der Waals surface area contributed by atoms with E-state index in [4.69, 9.17) is 0 Å². The molecule has 1 aromatic rings. The van der Waals surface area contributed by atoms with Crippen molar-refractivity contribution in [3.63, 3.8) is 0 Å². The van der Waals surface area contributed by atoms with Crippen LogP contribution in [0.15, 0.2) is 30.3 Å². The molecule has 6 heteroatoms. The molecule has 1 amide bonds. The lowest BCUT2D eigenvalue weighted by atomic mass is 10.2. The molecule has 0 atom stereocenters. The third-order valence-electron chi connectivity index (χ3n) is 1.54. The van der Waals surface area contributed by atoms with Gasteiger partial charge in [-0.05, 0) is 17.2 Å². The first-order valence-corrected chi connectivity index (χ1v) is 5.28. The van der Waals surface area contributed by atoms with Gasteiger partial charge in [-0.15, -0.1) is 4.33 Å². The second-order valence-corrected chi connectivity index (χ2v) is 3.02. The summed E-state index contributed by atoms with van der Waals surface area (Å²) >= 11 is 0.966. The van der Waals surface area contributed by atoms with E-state index in [1.54, 1.807) is 30.5 Å². The maximum atomic E-state index is 11.6. The second-order valence-electron chi connectivity index (χ2n) is 2.55. The van der Waals surface area contributed by atoms with Crippen molar-refractivity contribution < 1.29 is 19.2 Å². The first-order valence-electron chi connectivity index (χ1n) is 4.13. The minimum Gasteiger partial charge on any atom is -0.267 e. The van der Waals surface area contributed by atoms with Crippen LogP contribution in [0.25, 0.3) is 0 Å². The lowest BCUT2D eigenvalue weighted by Gasteiger charge is -2.12. The number of amides is 1. The topological polar surface area (TPSA) is 48.0 Å². The molecule has 0 aliphatic heterocycles. The summed E-state index contributed by atoms with van der Waals surface area (Å²) in [6, 6.07) is 8.71. The fourth-order valence-electron chi connectivity index (χ4n) is 0.882. The van der Waals surface area contributed by atoms with E-state index in [9.17, 15) is 4.79 Å². The normalized spacial score (nSPS) is 10.0. The van der Waals surface area contributed by atoms with Gasteiger partial charge in [-0.3, -0.25) is 4.79 Å². The number of carbonyl (C=O) groups excluding carboxylic acids is 1. The zero-order chi connectivity index (χ0) is 11.1. The molecule has 0 heterocycles. The van der Waals surface area contributed by atoms with E-state index in [-0.39, 0.29) is 5.91 Å². The highest BCUT2D eigenvalue weighted by molar-refractivity contribution is 7.93. The Morgan fingerprint density at radius 2 is 2.00 bits per heavy atom. The van der Waals surface area contributed by atoms with Gasteiger partial charge in [-0.25, -0.2) is 0 Å². The fourth-order valence-corrected chi connectivity index (χ4v) is 0.963. The van der Waals surface area contributed by atoms with Crippen molar-refractivity contribution in [2.75, 3.05) is 13.3 Å². The molecule has 0 aromatic heterocycles. The molecule has 15 heavy (non-hydrogen) atoms. The van der Waals surface area contributed by atoms with Gasteiger partial charge in [-0.1, -0.05) is 23.2 Å². The lowest BCUT2D eigenvalue weighted by Crippen LogP contribution is -2.26. The van der Waals surface area contributed by atoms with Crippen molar-refractivity contribution in [2.45, 2.75) is 0 Å². The summed E-state index contributed by atoms with van der Waals surface area (Å²) in [5, 5.41) is 5.19. The third-order valence-corrected chi connectivity index (χ3v) is 1.74. The second kappa shape index (κ2) is 6.41. The average molecular weight is 229 g/mol. The minimum atomic E-state index is -0.319. The Hall–Kier alpha value is -1.08. The first-order chi connectivity index (χ1) is 7.25. The maximum absolute atomic E-state index is 11.6. The zero-order valence-corrected chi connectivity index (χ0v) is 9.19. The number of hydroxylamine groups is 2. The van der Waals surface area contributed by atoms with Crippen LogP contribution in [0.2, 0.25) is 0 Å². The predicted molar refractivity (Wildman–Crippen MR) is 55.3 cm³/mol. The molecule has 0 saturated carbocycles. The van der Waals surface area contributed by atoms with Crippen molar-refractivity contribution in [2.24, 2.45) is 0 Å². The number of hydrogen-bond acceptors (Lipinski definition) is 5. The van der Waals surface area contributed by atoms with E-state index in [0.29, 0.717) is 5.56 Å². The Labute approximate surface area is 91.9 Å². The fraction of sp³-hybridized carbons (Fsp3) is 0.222. The molecule has 0 radical (unpaired) electrons. The van der Waals surface area contributed by atoms with Crippen LogP contribution >= 0.6 is 12.0 Å². The van der Waals surface area contributed by atoms with Crippen LogP contribution in [0.3, 0.4) is 0 Å². The molecule has 0 bridgehead atoms.